The van der Waals surface area contributed by atoms with Gasteiger partial charge >= 0.3 is 0 Å². The van der Waals surface area contributed by atoms with E-state index in [0.717, 1.165) is 39.8 Å². The van der Waals surface area contributed by atoms with Crippen molar-refractivity contribution in [3.8, 4) is 17.2 Å². The lowest BCUT2D eigenvalue weighted by Gasteiger charge is -2.27. The van der Waals surface area contributed by atoms with E-state index in [1.54, 1.807) is 13.4 Å². The highest BCUT2D eigenvalue weighted by Gasteiger charge is 2.27. The minimum Gasteiger partial charge on any atom is -0.497 e. The lowest BCUT2D eigenvalue weighted by molar-refractivity contribution is -0.00956. The number of oxime groups is 1. The third-order valence-electron chi connectivity index (χ3n) is 6.04. The number of rotatable bonds is 12. The van der Waals surface area contributed by atoms with Gasteiger partial charge in [-0.2, -0.15) is 0 Å². The maximum Gasteiger partial charge on any atom is 0.231 e. The van der Waals surface area contributed by atoms with E-state index in [1.165, 1.54) is 0 Å². The molecule has 0 spiro atoms. The summed E-state index contributed by atoms with van der Waals surface area (Å²) in [5.41, 5.74) is 2.89. The maximum absolute atomic E-state index is 10.7. The number of aliphatic hydroxyl groups is 1. The summed E-state index contributed by atoms with van der Waals surface area (Å²) >= 11 is 0. The molecule has 0 radical (unpaired) electrons. The molecule has 0 saturated carbocycles. The Kier molecular flexibility index (Phi) is 7.70. The Balaban J connectivity index is 1.20. The van der Waals surface area contributed by atoms with Crippen LogP contribution in [0, 0.1) is 0 Å². The molecular formula is C27H30N2O7. The second-order valence-electron chi connectivity index (χ2n) is 8.83. The summed E-state index contributed by atoms with van der Waals surface area (Å²) in [6.07, 6.45) is 1.43. The van der Waals surface area contributed by atoms with E-state index in [9.17, 15) is 5.11 Å². The topological polar surface area (TPSA) is 95.1 Å². The smallest absolute Gasteiger partial charge is 0.231 e. The van der Waals surface area contributed by atoms with Gasteiger partial charge in [-0.1, -0.05) is 17.3 Å². The number of aliphatic hydroxyl groups excluding tert-OH is 1. The minimum absolute atomic E-state index is 0.146. The van der Waals surface area contributed by atoms with Gasteiger partial charge in [-0.15, -0.1) is 0 Å². The molecule has 1 N–H and O–H groups in total. The zero-order valence-corrected chi connectivity index (χ0v) is 20.2. The average Bonchev–Trinajstić information content (AvgIpc) is 3.66. The zero-order valence-electron chi connectivity index (χ0n) is 20.2. The summed E-state index contributed by atoms with van der Waals surface area (Å²) in [5.74, 6) is 2.97. The van der Waals surface area contributed by atoms with Crippen LogP contribution in [0.3, 0.4) is 0 Å². The van der Waals surface area contributed by atoms with Gasteiger partial charge in [-0.25, -0.2) is 0 Å². The van der Waals surface area contributed by atoms with Gasteiger partial charge in [0.15, 0.2) is 11.5 Å². The number of furan rings is 1. The van der Waals surface area contributed by atoms with E-state index >= 15 is 0 Å². The third-order valence-corrected chi connectivity index (χ3v) is 6.04. The van der Waals surface area contributed by atoms with Crippen molar-refractivity contribution in [3.05, 3.63) is 77.7 Å². The molecule has 1 aromatic heterocycles. The molecule has 0 amide bonds. The van der Waals surface area contributed by atoms with E-state index < -0.39 is 6.10 Å². The summed E-state index contributed by atoms with van der Waals surface area (Å²) < 4.78 is 27.2. The molecular weight excluding hydrogens is 464 g/mol. The Morgan fingerprint density at radius 1 is 1.11 bits per heavy atom. The Morgan fingerprint density at radius 3 is 2.89 bits per heavy atom. The molecule has 9 heteroatoms. The van der Waals surface area contributed by atoms with Gasteiger partial charge in [0.25, 0.3) is 0 Å². The Hall–Kier alpha value is -3.53. The molecule has 5 rings (SSSR count). The van der Waals surface area contributed by atoms with Gasteiger partial charge in [0.05, 0.1) is 31.8 Å². The van der Waals surface area contributed by atoms with Gasteiger partial charge < -0.3 is 33.3 Å². The molecule has 2 atom stereocenters. The van der Waals surface area contributed by atoms with Crippen molar-refractivity contribution in [3.63, 3.8) is 0 Å². The van der Waals surface area contributed by atoms with Crippen molar-refractivity contribution >= 4 is 5.71 Å². The maximum atomic E-state index is 10.7. The zero-order chi connectivity index (χ0) is 24.7. The summed E-state index contributed by atoms with van der Waals surface area (Å²) in [7, 11) is 1.65. The number of fused-ring (bicyclic) bond motifs is 1. The van der Waals surface area contributed by atoms with Gasteiger partial charge in [0.2, 0.25) is 6.79 Å². The van der Waals surface area contributed by atoms with Crippen molar-refractivity contribution in [1.82, 2.24) is 4.90 Å². The number of hydrogen-bond acceptors (Lipinski definition) is 9. The van der Waals surface area contributed by atoms with Crippen LogP contribution in [-0.2, 0) is 22.7 Å². The number of methoxy groups -OCH3 is 1. The lowest BCUT2D eigenvalue weighted by Crippen LogP contribution is -2.39. The second kappa shape index (κ2) is 11.5. The van der Waals surface area contributed by atoms with Gasteiger partial charge in [-0.05, 0) is 48.0 Å². The number of ether oxygens (including phenoxy) is 4. The highest BCUT2D eigenvalue weighted by molar-refractivity contribution is 6.01. The summed E-state index contributed by atoms with van der Waals surface area (Å²) in [4.78, 5) is 7.94. The van der Waals surface area contributed by atoms with Crippen LogP contribution in [0.2, 0.25) is 0 Å². The van der Waals surface area contributed by atoms with Crippen molar-refractivity contribution < 1.29 is 33.3 Å². The van der Waals surface area contributed by atoms with Gasteiger partial charge in [-0.3, -0.25) is 4.90 Å². The fraction of sp³-hybridized carbons (Fsp3) is 0.370. The van der Waals surface area contributed by atoms with Crippen molar-refractivity contribution in [2.24, 2.45) is 5.16 Å². The molecule has 2 unspecified atom stereocenters. The predicted octanol–water partition coefficient (Wildman–Crippen LogP) is 3.59. The molecule has 0 fully saturated rings. The first kappa shape index (κ1) is 24.2. The van der Waals surface area contributed by atoms with Gasteiger partial charge in [0.1, 0.15) is 24.2 Å². The summed E-state index contributed by atoms with van der Waals surface area (Å²) in [6, 6.07) is 17.4. The molecule has 0 aliphatic carbocycles. The number of nitrogens with zero attached hydrogens (tertiary/aromatic N) is 2. The first-order chi connectivity index (χ1) is 17.7. The Labute approximate surface area is 209 Å². The Bertz CT molecular complexity index is 1160. The molecule has 3 aromatic rings. The van der Waals surface area contributed by atoms with E-state index in [4.69, 9.17) is 28.2 Å². The van der Waals surface area contributed by atoms with E-state index in [0.29, 0.717) is 32.7 Å². The van der Waals surface area contributed by atoms with Crippen molar-refractivity contribution in [2.75, 3.05) is 33.6 Å². The molecule has 3 heterocycles. The lowest BCUT2D eigenvalue weighted by atomic mass is 10.0. The van der Waals surface area contributed by atoms with Crippen LogP contribution in [-0.4, -0.2) is 61.5 Å². The first-order valence-electron chi connectivity index (χ1n) is 11.9. The number of benzene rings is 2. The van der Waals surface area contributed by atoms with Crippen LogP contribution < -0.4 is 14.2 Å². The molecule has 190 valence electrons. The minimum atomic E-state index is -0.679. The van der Waals surface area contributed by atoms with Crippen molar-refractivity contribution in [1.29, 1.82) is 0 Å². The molecule has 36 heavy (non-hydrogen) atoms. The highest BCUT2D eigenvalue weighted by atomic mass is 16.7. The van der Waals surface area contributed by atoms with E-state index in [1.807, 2.05) is 54.6 Å². The molecule has 0 bridgehead atoms. The van der Waals surface area contributed by atoms with E-state index in [-0.39, 0.29) is 19.5 Å². The summed E-state index contributed by atoms with van der Waals surface area (Å²) in [6.45, 7) is 2.36. The quantitative estimate of drug-likeness (QED) is 0.408. The molecule has 2 aliphatic heterocycles. The van der Waals surface area contributed by atoms with Crippen LogP contribution in [0.4, 0.5) is 0 Å². The predicted molar refractivity (Wildman–Crippen MR) is 131 cm³/mol. The molecule has 2 aromatic carbocycles. The molecule has 0 saturated heterocycles. The normalized spacial score (nSPS) is 17.2. The van der Waals surface area contributed by atoms with Crippen LogP contribution in [0.25, 0.3) is 0 Å². The Morgan fingerprint density at radius 2 is 2.03 bits per heavy atom. The fourth-order valence-corrected chi connectivity index (χ4v) is 4.33. The molecule has 2 aliphatic rings. The average molecular weight is 495 g/mol. The standard InChI is InChI=1S/C27H30N2O7/c1-31-22-5-2-4-19(10-22)13-29(14-21(30)16-32-17-23-6-3-9-33-23)15-24-12-25(28-36-24)20-7-8-26-27(11-20)35-18-34-26/h2-11,21,24,30H,12-18H2,1H3. The van der Waals surface area contributed by atoms with E-state index in [2.05, 4.69) is 10.1 Å². The second-order valence-corrected chi connectivity index (χ2v) is 8.83. The monoisotopic (exact) mass is 494 g/mol. The third kappa shape index (κ3) is 6.17. The first-order valence-corrected chi connectivity index (χ1v) is 11.9. The highest BCUT2D eigenvalue weighted by Crippen LogP contribution is 2.33. The van der Waals surface area contributed by atoms with Gasteiger partial charge in [0, 0.05) is 31.6 Å². The fourth-order valence-electron chi connectivity index (χ4n) is 4.33. The molecule has 9 nitrogen and oxygen atoms in total. The summed E-state index contributed by atoms with van der Waals surface area (Å²) in [5, 5.41) is 15.0. The largest absolute Gasteiger partial charge is 0.497 e. The SMILES string of the molecule is COc1cccc(CN(CC(O)COCc2ccco2)CC2CC(c3ccc4c(c3)OCO4)=NO2)c1. The van der Waals surface area contributed by atoms with Crippen LogP contribution >= 0.6 is 0 Å². The van der Waals surface area contributed by atoms with Crippen molar-refractivity contribution in [2.45, 2.75) is 31.8 Å². The van der Waals surface area contributed by atoms with Crippen LogP contribution in [0.1, 0.15) is 23.3 Å². The van der Waals surface area contributed by atoms with Crippen LogP contribution in [0.5, 0.6) is 17.2 Å². The van der Waals surface area contributed by atoms with Crippen LogP contribution in [0.15, 0.2) is 70.4 Å². The number of hydrogen-bond donors (Lipinski definition) is 1.